The summed E-state index contributed by atoms with van der Waals surface area (Å²) in [5.74, 6) is 0.571. The number of carbonyl (C=O) groups is 1. The fraction of sp³-hybridized carbons (Fsp3) is 0.207. The summed E-state index contributed by atoms with van der Waals surface area (Å²) < 4.78 is 38.6. The highest BCUT2D eigenvalue weighted by molar-refractivity contribution is 5.95. The number of anilines is 1. The first-order valence-electron chi connectivity index (χ1n) is 12.0. The minimum absolute atomic E-state index is 0.0754. The molecule has 0 bridgehead atoms. The van der Waals surface area contributed by atoms with Crippen LogP contribution in [0.25, 0.3) is 11.1 Å². The number of benzene rings is 3. The van der Waals surface area contributed by atoms with Gasteiger partial charge in [-0.25, -0.2) is 9.97 Å². The summed E-state index contributed by atoms with van der Waals surface area (Å²) in [4.78, 5) is 26.4. The van der Waals surface area contributed by atoms with Crippen LogP contribution in [0, 0.1) is 0 Å². The zero-order chi connectivity index (χ0) is 25.8. The van der Waals surface area contributed by atoms with E-state index in [9.17, 15) is 18.0 Å². The molecule has 0 N–H and O–H groups in total. The molecule has 8 heteroatoms. The number of piperazine rings is 1. The molecule has 37 heavy (non-hydrogen) atoms. The van der Waals surface area contributed by atoms with Gasteiger partial charge in [-0.3, -0.25) is 4.79 Å². The molecule has 3 aromatic carbocycles. The Morgan fingerprint density at radius 3 is 2.05 bits per heavy atom. The number of halogens is 3. The second-order valence-electron chi connectivity index (χ2n) is 8.99. The Kier molecular flexibility index (Phi) is 6.90. The third-order valence-corrected chi connectivity index (χ3v) is 6.57. The van der Waals surface area contributed by atoms with Crippen LogP contribution in [-0.4, -0.2) is 46.5 Å². The summed E-state index contributed by atoms with van der Waals surface area (Å²) in [6.45, 7) is 1.74. The van der Waals surface area contributed by atoms with Crippen LogP contribution in [-0.2, 0) is 12.6 Å². The van der Waals surface area contributed by atoms with Crippen molar-refractivity contribution >= 4 is 11.9 Å². The van der Waals surface area contributed by atoms with Gasteiger partial charge in [-0.2, -0.15) is 13.2 Å². The third kappa shape index (κ3) is 5.63. The number of hydrogen-bond acceptors (Lipinski definition) is 4. The van der Waals surface area contributed by atoms with Crippen molar-refractivity contribution in [3.8, 4) is 11.1 Å². The van der Waals surface area contributed by atoms with Gasteiger partial charge in [0, 0.05) is 37.6 Å². The van der Waals surface area contributed by atoms with E-state index in [0.717, 1.165) is 23.3 Å². The molecule has 0 radical (unpaired) electrons. The first-order valence-corrected chi connectivity index (χ1v) is 12.0. The highest BCUT2D eigenvalue weighted by Crippen LogP contribution is 2.31. The Morgan fingerprint density at radius 2 is 1.43 bits per heavy atom. The molecule has 5 rings (SSSR count). The summed E-state index contributed by atoms with van der Waals surface area (Å²) >= 11 is 0. The summed E-state index contributed by atoms with van der Waals surface area (Å²) in [5, 5.41) is 0. The lowest BCUT2D eigenvalue weighted by Gasteiger charge is -2.41. The van der Waals surface area contributed by atoms with Gasteiger partial charge in [0.1, 0.15) is 0 Å². The molecule has 1 amide bonds. The van der Waals surface area contributed by atoms with Crippen molar-refractivity contribution in [3.05, 3.63) is 114 Å². The molecule has 1 aliphatic heterocycles. The van der Waals surface area contributed by atoms with E-state index in [4.69, 9.17) is 0 Å². The largest absolute Gasteiger partial charge is 0.416 e. The maximum absolute atomic E-state index is 13.6. The average Bonchev–Trinajstić information content (AvgIpc) is 2.93. The number of nitrogens with zero attached hydrogens (tertiary/aromatic N) is 4. The highest BCUT2D eigenvalue weighted by Gasteiger charge is 2.32. The molecular formula is C29H25F3N4O. The van der Waals surface area contributed by atoms with Crippen LogP contribution in [0.4, 0.5) is 19.1 Å². The summed E-state index contributed by atoms with van der Waals surface area (Å²) in [6, 6.07) is 23.8. The molecule has 0 spiro atoms. The molecule has 1 aromatic heterocycles. The van der Waals surface area contributed by atoms with Gasteiger partial charge in [0.15, 0.2) is 0 Å². The van der Waals surface area contributed by atoms with E-state index in [2.05, 4.69) is 27.0 Å². The van der Waals surface area contributed by atoms with Crippen molar-refractivity contribution in [2.75, 3.05) is 24.5 Å². The van der Waals surface area contributed by atoms with E-state index in [0.29, 0.717) is 43.1 Å². The lowest BCUT2D eigenvalue weighted by Crippen LogP contribution is -2.56. The number of amides is 1. The molecule has 4 aromatic rings. The van der Waals surface area contributed by atoms with Crippen LogP contribution in [0.3, 0.4) is 0 Å². The van der Waals surface area contributed by atoms with Crippen LogP contribution in [0.2, 0.25) is 0 Å². The van der Waals surface area contributed by atoms with Crippen LogP contribution in [0.1, 0.15) is 21.5 Å². The number of rotatable bonds is 5. The van der Waals surface area contributed by atoms with E-state index < -0.39 is 11.7 Å². The Bertz CT molecular complexity index is 1330. The van der Waals surface area contributed by atoms with E-state index in [1.54, 1.807) is 42.7 Å². The van der Waals surface area contributed by atoms with Gasteiger partial charge >= 0.3 is 6.18 Å². The lowest BCUT2D eigenvalue weighted by atomic mass is 9.99. The molecule has 0 saturated carbocycles. The molecule has 0 unspecified atom stereocenters. The summed E-state index contributed by atoms with van der Waals surface area (Å²) in [6.07, 6.45) is -0.254. The highest BCUT2D eigenvalue weighted by atomic mass is 19.4. The standard InChI is InChI=1S/C29H25F3N4O/c30-29(31,32)25-13-11-23(12-14-25)22-7-9-24(10-8-22)27(37)36-18-17-35(28-33-15-4-16-34-28)20-26(36)19-21-5-2-1-3-6-21/h1-16,26H,17-20H2/t26-/m0/s1. The fourth-order valence-corrected chi connectivity index (χ4v) is 4.64. The van der Waals surface area contributed by atoms with Crippen LogP contribution < -0.4 is 4.90 Å². The van der Waals surface area contributed by atoms with Crippen LogP contribution in [0.5, 0.6) is 0 Å². The van der Waals surface area contributed by atoms with Gasteiger partial charge in [-0.05, 0) is 53.4 Å². The summed E-state index contributed by atoms with van der Waals surface area (Å²) in [5.41, 5.74) is 2.40. The van der Waals surface area contributed by atoms with Crippen molar-refractivity contribution in [2.24, 2.45) is 0 Å². The van der Waals surface area contributed by atoms with Gasteiger partial charge in [0.05, 0.1) is 11.6 Å². The molecule has 2 heterocycles. The van der Waals surface area contributed by atoms with Crippen molar-refractivity contribution in [2.45, 2.75) is 18.6 Å². The van der Waals surface area contributed by atoms with Crippen molar-refractivity contribution in [1.29, 1.82) is 0 Å². The maximum atomic E-state index is 13.6. The quantitative estimate of drug-likeness (QED) is 0.350. The molecule has 1 atom stereocenters. The van der Waals surface area contributed by atoms with Crippen molar-refractivity contribution < 1.29 is 18.0 Å². The van der Waals surface area contributed by atoms with Crippen molar-refractivity contribution in [3.63, 3.8) is 0 Å². The average molecular weight is 503 g/mol. The molecule has 188 valence electrons. The number of aromatic nitrogens is 2. The van der Waals surface area contributed by atoms with Crippen LogP contribution >= 0.6 is 0 Å². The normalized spacial score (nSPS) is 16.0. The zero-order valence-corrected chi connectivity index (χ0v) is 20.0. The predicted molar refractivity (Wildman–Crippen MR) is 136 cm³/mol. The van der Waals surface area contributed by atoms with Crippen LogP contribution in [0.15, 0.2) is 97.3 Å². The predicted octanol–water partition coefficient (Wildman–Crippen LogP) is 5.74. The summed E-state index contributed by atoms with van der Waals surface area (Å²) in [7, 11) is 0. The van der Waals surface area contributed by atoms with Crippen molar-refractivity contribution in [1.82, 2.24) is 14.9 Å². The lowest BCUT2D eigenvalue weighted by molar-refractivity contribution is -0.137. The van der Waals surface area contributed by atoms with E-state index >= 15 is 0 Å². The van der Waals surface area contributed by atoms with Gasteiger partial charge in [-0.1, -0.05) is 54.6 Å². The number of hydrogen-bond donors (Lipinski definition) is 0. The third-order valence-electron chi connectivity index (χ3n) is 6.57. The topological polar surface area (TPSA) is 49.3 Å². The second kappa shape index (κ2) is 10.4. The van der Waals surface area contributed by atoms with E-state index in [1.165, 1.54) is 12.1 Å². The van der Waals surface area contributed by atoms with Gasteiger partial charge < -0.3 is 9.80 Å². The Labute approximate surface area is 213 Å². The molecular weight excluding hydrogens is 477 g/mol. The molecule has 0 aliphatic carbocycles. The molecule has 1 aliphatic rings. The zero-order valence-electron chi connectivity index (χ0n) is 20.0. The monoisotopic (exact) mass is 502 g/mol. The van der Waals surface area contributed by atoms with Gasteiger partial charge in [0.2, 0.25) is 5.95 Å². The Hall–Kier alpha value is -4.20. The maximum Gasteiger partial charge on any atom is 0.416 e. The van der Waals surface area contributed by atoms with Gasteiger partial charge in [0.25, 0.3) is 5.91 Å². The van der Waals surface area contributed by atoms with E-state index in [1.807, 2.05) is 23.1 Å². The first-order chi connectivity index (χ1) is 17.9. The SMILES string of the molecule is O=C(c1ccc(-c2ccc(C(F)(F)F)cc2)cc1)N1CCN(c2ncccn2)C[C@@H]1Cc1ccccc1. The number of alkyl halides is 3. The second-order valence-corrected chi connectivity index (χ2v) is 8.99. The fourth-order valence-electron chi connectivity index (χ4n) is 4.64. The van der Waals surface area contributed by atoms with Gasteiger partial charge in [-0.15, -0.1) is 0 Å². The molecule has 1 saturated heterocycles. The number of carbonyl (C=O) groups excluding carboxylic acids is 1. The molecule has 5 nitrogen and oxygen atoms in total. The first kappa shape index (κ1) is 24.5. The minimum Gasteiger partial charge on any atom is -0.337 e. The minimum atomic E-state index is -4.37. The molecule has 1 fully saturated rings. The Morgan fingerprint density at radius 1 is 0.811 bits per heavy atom. The van der Waals surface area contributed by atoms with E-state index in [-0.39, 0.29) is 11.9 Å². The smallest absolute Gasteiger partial charge is 0.337 e. The Balaban J connectivity index is 1.35.